The van der Waals surface area contributed by atoms with Crippen LogP contribution in [0.1, 0.15) is 17.7 Å². The molecule has 0 aliphatic heterocycles. The summed E-state index contributed by atoms with van der Waals surface area (Å²) in [7, 11) is 0. The third kappa shape index (κ3) is 1.52. The minimum Gasteiger partial charge on any atom is -0.327 e. The predicted molar refractivity (Wildman–Crippen MR) is 49.1 cm³/mol. The quantitative estimate of drug-likeness (QED) is 0.750. The van der Waals surface area contributed by atoms with E-state index in [1.165, 1.54) is 0 Å². The summed E-state index contributed by atoms with van der Waals surface area (Å²) in [5.74, 6) is 0. The molecule has 12 heavy (non-hydrogen) atoms. The fourth-order valence-corrected chi connectivity index (χ4v) is 2.58. The Morgan fingerprint density at radius 3 is 2.92 bits per heavy atom. The van der Waals surface area contributed by atoms with Gasteiger partial charge in [-0.25, -0.2) is 4.39 Å². The van der Waals surface area contributed by atoms with Gasteiger partial charge in [0.2, 0.25) is 0 Å². The Bertz CT molecular complexity index is 252. The number of rotatable bonds is 2. The Morgan fingerprint density at radius 2 is 2.42 bits per heavy atom. The average Bonchev–Trinajstić information content (AvgIpc) is 2.36. The Labute approximate surface area is 75.4 Å². The highest BCUT2D eigenvalue weighted by molar-refractivity contribution is 7.09. The maximum atomic E-state index is 13.6. The molecular weight excluding hydrogens is 173 g/mol. The van der Waals surface area contributed by atoms with Crippen LogP contribution < -0.4 is 5.73 Å². The molecule has 0 unspecified atom stereocenters. The number of nitrogens with two attached hydrogens (primary N) is 1. The number of halogens is 1. The van der Waals surface area contributed by atoms with Crippen molar-refractivity contribution in [3.63, 3.8) is 0 Å². The van der Waals surface area contributed by atoms with Crippen LogP contribution in [0.2, 0.25) is 0 Å². The van der Waals surface area contributed by atoms with Crippen molar-refractivity contribution >= 4 is 11.3 Å². The molecule has 0 amide bonds. The van der Waals surface area contributed by atoms with Crippen molar-refractivity contribution < 1.29 is 4.39 Å². The van der Waals surface area contributed by atoms with E-state index in [4.69, 9.17) is 5.73 Å². The molecule has 2 rings (SSSR count). The second kappa shape index (κ2) is 2.82. The molecule has 1 aliphatic rings. The molecule has 0 spiro atoms. The van der Waals surface area contributed by atoms with Crippen molar-refractivity contribution in [2.24, 2.45) is 5.73 Å². The monoisotopic (exact) mass is 185 g/mol. The Morgan fingerprint density at radius 1 is 1.67 bits per heavy atom. The van der Waals surface area contributed by atoms with E-state index < -0.39 is 5.67 Å². The first-order valence-electron chi connectivity index (χ1n) is 4.15. The van der Waals surface area contributed by atoms with E-state index >= 15 is 0 Å². The first kappa shape index (κ1) is 8.20. The zero-order valence-corrected chi connectivity index (χ0v) is 7.61. The lowest BCUT2D eigenvalue weighted by molar-refractivity contribution is 0.0452. The van der Waals surface area contributed by atoms with E-state index in [-0.39, 0.29) is 6.04 Å². The van der Waals surface area contributed by atoms with Crippen LogP contribution in [0.15, 0.2) is 17.5 Å². The lowest BCUT2D eigenvalue weighted by Gasteiger charge is -2.39. The van der Waals surface area contributed by atoms with Crippen LogP contribution in [0.3, 0.4) is 0 Å². The Hall–Kier alpha value is -0.410. The van der Waals surface area contributed by atoms with Gasteiger partial charge in [-0.2, -0.15) is 0 Å². The number of hydrogen-bond acceptors (Lipinski definition) is 2. The summed E-state index contributed by atoms with van der Waals surface area (Å²) in [6.07, 6.45) is 1.62. The van der Waals surface area contributed by atoms with Crippen LogP contribution in [-0.2, 0) is 6.42 Å². The summed E-state index contributed by atoms with van der Waals surface area (Å²) >= 11 is 1.62. The highest BCUT2D eigenvalue weighted by Gasteiger charge is 2.42. The fourth-order valence-electron chi connectivity index (χ4n) is 1.75. The zero-order chi connectivity index (χ0) is 8.60. The van der Waals surface area contributed by atoms with E-state index in [0.717, 1.165) is 4.88 Å². The molecular formula is C9H12FNS. The van der Waals surface area contributed by atoms with Gasteiger partial charge in [-0.1, -0.05) is 6.07 Å². The van der Waals surface area contributed by atoms with Gasteiger partial charge >= 0.3 is 0 Å². The lowest BCUT2D eigenvalue weighted by atomic mass is 9.75. The molecule has 1 saturated carbocycles. The number of hydrogen-bond donors (Lipinski definition) is 1. The molecule has 66 valence electrons. The zero-order valence-electron chi connectivity index (χ0n) is 6.79. The average molecular weight is 185 g/mol. The topological polar surface area (TPSA) is 26.0 Å². The van der Waals surface area contributed by atoms with Crippen molar-refractivity contribution in [2.75, 3.05) is 0 Å². The predicted octanol–water partition coefficient (Wildman–Crippen LogP) is 2.12. The summed E-state index contributed by atoms with van der Waals surface area (Å²) in [4.78, 5) is 1.13. The van der Waals surface area contributed by atoms with Crippen molar-refractivity contribution in [1.29, 1.82) is 0 Å². The van der Waals surface area contributed by atoms with Crippen molar-refractivity contribution in [2.45, 2.75) is 31.0 Å². The summed E-state index contributed by atoms with van der Waals surface area (Å²) in [5.41, 5.74) is 4.55. The van der Waals surface area contributed by atoms with Crippen LogP contribution in [0.25, 0.3) is 0 Å². The van der Waals surface area contributed by atoms with Gasteiger partial charge in [-0.3, -0.25) is 0 Å². The lowest BCUT2D eigenvalue weighted by Crippen LogP contribution is -2.49. The highest BCUT2D eigenvalue weighted by Crippen LogP contribution is 2.38. The van der Waals surface area contributed by atoms with E-state index in [0.29, 0.717) is 19.3 Å². The standard InChI is InChI=1S/C9H12FNS/c10-9(4-7(11)5-9)6-8-2-1-3-12-8/h1-3,7H,4-6,11H2. The van der Waals surface area contributed by atoms with Crippen LogP contribution in [0, 0.1) is 0 Å². The Kier molecular flexibility index (Phi) is 1.93. The molecule has 1 aromatic rings. The molecule has 3 heteroatoms. The maximum Gasteiger partial charge on any atom is 0.118 e. The third-order valence-electron chi connectivity index (χ3n) is 2.33. The summed E-state index contributed by atoms with van der Waals surface area (Å²) < 4.78 is 13.6. The van der Waals surface area contributed by atoms with E-state index in [2.05, 4.69) is 0 Å². The fraction of sp³-hybridized carbons (Fsp3) is 0.556. The van der Waals surface area contributed by atoms with Gasteiger partial charge in [0, 0.05) is 17.3 Å². The summed E-state index contributed by atoms with van der Waals surface area (Å²) in [6, 6.07) is 4.03. The van der Waals surface area contributed by atoms with Gasteiger partial charge in [0.15, 0.2) is 0 Å². The van der Waals surface area contributed by atoms with Gasteiger partial charge < -0.3 is 5.73 Å². The van der Waals surface area contributed by atoms with Crippen LogP contribution >= 0.6 is 11.3 Å². The summed E-state index contributed by atoms with van der Waals surface area (Å²) in [5, 5.41) is 1.98. The smallest absolute Gasteiger partial charge is 0.118 e. The molecule has 1 nitrogen and oxygen atoms in total. The molecule has 0 bridgehead atoms. The number of alkyl halides is 1. The van der Waals surface area contributed by atoms with Gasteiger partial charge in [0.1, 0.15) is 5.67 Å². The van der Waals surface area contributed by atoms with E-state index in [9.17, 15) is 4.39 Å². The van der Waals surface area contributed by atoms with Crippen molar-refractivity contribution in [3.05, 3.63) is 22.4 Å². The molecule has 1 heterocycles. The van der Waals surface area contributed by atoms with Gasteiger partial charge in [0.25, 0.3) is 0 Å². The molecule has 0 saturated heterocycles. The maximum absolute atomic E-state index is 13.6. The minimum atomic E-state index is -0.996. The molecule has 1 fully saturated rings. The van der Waals surface area contributed by atoms with E-state index in [1.807, 2.05) is 17.5 Å². The van der Waals surface area contributed by atoms with Crippen molar-refractivity contribution in [3.8, 4) is 0 Å². The van der Waals surface area contributed by atoms with Crippen LogP contribution in [0.4, 0.5) is 4.39 Å². The Balaban J connectivity index is 1.96. The molecule has 0 atom stereocenters. The normalized spacial score (nSPS) is 34.7. The second-order valence-electron chi connectivity index (χ2n) is 3.58. The van der Waals surface area contributed by atoms with E-state index in [1.54, 1.807) is 11.3 Å². The molecule has 1 aromatic heterocycles. The molecule has 1 aliphatic carbocycles. The summed E-state index contributed by atoms with van der Waals surface area (Å²) in [6.45, 7) is 0. The SMILES string of the molecule is NC1CC(F)(Cc2cccs2)C1. The van der Waals surface area contributed by atoms with Crippen LogP contribution in [0.5, 0.6) is 0 Å². The van der Waals surface area contributed by atoms with Crippen LogP contribution in [-0.4, -0.2) is 11.7 Å². The molecule has 0 aromatic carbocycles. The molecule has 0 radical (unpaired) electrons. The largest absolute Gasteiger partial charge is 0.327 e. The minimum absolute atomic E-state index is 0.0926. The molecule has 2 N–H and O–H groups in total. The highest BCUT2D eigenvalue weighted by atomic mass is 32.1. The van der Waals surface area contributed by atoms with Gasteiger partial charge in [-0.15, -0.1) is 11.3 Å². The number of thiophene rings is 1. The van der Waals surface area contributed by atoms with Gasteiger partial charge in [-0.05, 0) is 24.3 Å². The second-order valence-corrected chi connectivity index (χ2v) is 4.61. The first-order chi connectivity index (χ1) is 5.68. The van der Waals surface area contributed by atoms with Gasteiger partial charge in [0.05, 0.1) is 0 Å². The first-order valence-corrected chi connectivity index (χ1v) is 5.03. The third-order valence-corrected chi connectivity index (χ3v) is 3.20. The van der Waals surface area contributed by atoms with Crippen molar-refractivity contribution in [1.82, 2.24) is 0 Å².